The van der Waals surface area contributed by atoms with Gasteiger partial charge in [-0.05, 0) is 48.8 Å². The summed E-state index contributed by atoms with van der Waals surface area (Å²) in [6.07, 6.45) is 4.01. The van der Waals surface area contributed by atoms with Crippen LogP contribution in [0.15, 0.2) is 54.7 Å². The van der Waals surface area contributed by atoms with Gasteiger partial charge in [-0.15, -0.1) is 0 Å². The van der Waals surface area contributed by atoms with Gasteiger partial charge in [-0.2, -0.15) is 0 Å². The Balaban J connectivity index is 1.37. The number of anilines is 1. The number of thiocarbonyl (C=S) groups is 1. The van der Waals surface area contributed by atoms with Gasteiger partial charge in [0.15, 0.2) is 5.11 Å². The summed E-state index contributed by atoms with van der Waals surface area (Å²) in [5, 5.41) is 13.8. The van der Waals surface area contributed by atoms with Crippen molar-refractivity contribution < 1.29 is 9.84 Å². The van der Waals surface area contributed by atoms with Crippen LogP contribution in [0, 0.1) is 0 Å². The average molecular weight is 396 g/mol. The molecule has 2 aliphatic rings. The number of benzene rings is 2. The molecule has 4 rings (SSSR count). The molecule has 0 unspecified atom stereocenters. The van der Waals surface area contributed by atoms with Gasteiger partial charge in [0.05, 0.1) is 6.61 Å². The highest BCUT2D eigenvalue weighted by Gasteiger charge is 2.19. The van der Waals surface area contributed by atoms with Crippen LogP contribution >= 0.6 is 12.2 Å². The molecule has 0 atom stereocenters. The Bertz CT molecular complexity index is 876. The van der Waals surface area contributed by atoms with Gasteiger partial charge < -0.3 is 25.0 Å². The van der Waals surface area contributed by atoms with Crippen LogP contribution in [-0.4, -0.2) is 47.9 Å². The number of rotatable bonds is 2. The van der Waals surface area contributed by atoms with E-state index in [9.17, 15) is 5.11 Å². The molecule has 28 heavy (non-hydrogen) atoms. The Morgan fingerprint density at radius 1 is 1.07 bits per heavy atom. The first-order valence-electron chi connectivity index (χ1n) is 9.71. The number of hydrogen-bond acceptors (Lipinski definition) is 4. The Morgan fingerprint density at radius 2 is 1.89 bits per heavy atom. The van der Waals surface area contributed by atoms with E-state index in [0.29, 0.717) is 5.75 Å². The Morgan fingerprint density at radius 3 is 2.71 bits per heavy atom. The molecule has 6 heteroatoms. The molecule has 2 aliphatic heterocycles. The monoisotopic (exact) mass is 395 g/mol. The largest absolute Gasteiger partial charge is 0.508 e. The number of hydrogen-bond donors (Lipinski definition) is 2. The molecule has 2 N–H and O–H groups in total. The first-order valence-corrected chi connectivity index (χ1v) is 10.1. The minimum Gasteiger partial charge on any atom is -0.508 e. The Hall–Kier alpha value is -2.73. The van der Waals surface area contributed by atoms with Crippen LogP contribution in [0.3, 0.4) is 0 Å². The predicted molar refractivity (Wildman–Crippen MR) is 117 cm³/mol. The molecule has 2 aromatic rings. The van der Waals surface area contributed by atoms with E-state index < -0.39 is 0 Å². The summed E-state index contributed by atoms with van der Waals surface area (Å²) in [4.78, 5) is 4.47. The van der Waals surface area contributed by atoms with Crippen molar-refractivity contribution in [2.75, 3.05) is 37.7 Å². The molecule has 0 aromatic heterocycles. The molecule has 146 valence electrons. The third-order valence-electron chi connectivity index (χ3n) is 5.21. The van der Waals surface area contributed by atoms with Gasteiger partial charge in [-0.1, -0.05) is 24.3 Å². The molecule has 0 radical (unpaired) electrons. The maximum Gasteiger partial charge on any atom is 0.173 e. The van der Waals surface area contributed by atoms with Crippen molar-refractivity contribution in [3.63, 3.8) is 0 Å². The zero-order valence-electron chi connectivity index (χ0n) is 15.8. The normalized spacial score (nSPS) is 18.2. The zero-order valence-corrected chi connectivity index (χ0v) is 16.6. The van der Waals surface area contributed by atoms with Crippen molar-refractivity contribution in [3.8, 4) is 11.5 Å². The van der Waals surface area contributed by atoms with Crippen molar-refractivity contribution in [2.45, 2.75) is 12.8 Å². The number of piperazine rings is 1. The highest BCUT2D eigenvalue weighted by Crippen LogP contribution is 2.31. The molecule has 2 heterocycles. The van der Waals surface area contributed by atoms with Crippen LogP contribution in [0.5, 0.6) is 11.5 Å². The van der Waals surface area contributed by atoms with Gasteiger partial charge in [0.1, 0.15) is 11.5 Å². The third kappa shape index (κ3) is 4.22. The van der Waals surface area contributed by atoms with E-state index in [0.717, 1.165) is 67.7 Å². The van der Waals surface area contributed by atoms with E-state index in [-0.39, 0.29) is 0 Å². The first-order chi connectivity index (χ1) is 13.7. The van der Waals surface area contributed by atoms with Gasteiger partial charge in [-0.25, -0.2) is 0 Å². The summed E-state index contributed by atoms with van der Waals surface area (Å²) in [6.45, 7) is 4.20. The molecule has 5 nitrogen and oxygen atoms in total. The fraction of sp³-hybridized carbons (Fsp3) is 0.318. The molecule has 0 bridgehead atoms. The van der Waals surface area contributed by atoms with Crippen LogP contribution in [-0.2, 0) is 0 Å². The van der Waals surface area contributed by atoms with Gasteiger partial charge in [-0.3, -0.25) is 0 Å². The Labute approximate surface area is 171 Å². The van der Waals surface area contributed by atoms with Crippen LogP contribution < -0.4 is 15.0 Å². The lowest BCUT2D eigenvalue weighted by Crippen LogP contribution is -2.51. The van der Waals surface area contributed by atoms with Crippen molar-refractivity contribution in [3.05, 3.63) is 60.3 Å². The molecule has 0 aliphatic carbocycles. The number of nitrogens with one attached hydrogen (secondary N) is 1. The van der Waals surface area contributed by atoms with Crippen molar-refractivity contribution in [1.29, 1.82) is 0 Å². The van der Waals surface area contributed by atoms with E-state index in [4.69, 9.17) is 17.0 Å². The van der Waals surface area contributed by atoms with E-state index >= 15 is 0 Å². The van der Waals surface area contributed by atoms with E-state index in [1.807, 2.05) is 42.6 Å². The average Bonchev–Trinajstić information content (AvgIpc) is 2.94. The first kappa shape index (κ1) is 18.6. The molecular weight excluding hydrogens is 370 g/mol. The standard InChI is InChI=1S/C22H25N3O2S/c26-19-7-3-6-18(15-19)24-10-12-25(13-11-24)22(28)23-16-17-5-4-14-27-21-9-2-1-8-20(17)21/h1-3,6-9,15-16,26H,4-5,10-14H2,(H,23,28)/b17-16-. The minimum atomic E-state index is 0.302. The molecule has 0 saturated carbocycles. The number of para-hydroxylation sites is 1. The predicted octanol–water partition coefficient (Wildman–Crippen LogP) is 3.60. The smallest absolute Gasteiger partial charge is 0.173 e. The fourth-order valence-electron chi connectivity index (χ4n) is 3.68. The third-order valence-corrected chi connectivity index (χ3v) is 5.59. The van der Waals surface area contributed by atoms with Crippen LogP contribution in [0.25, 0.3) is 5.57 Å². The molecule has 0 amide bonds. The molecule has 0 spiro atoms. The lowest BCUT2D eigenvalue weighted by Gasteiger charge is -2.37. The number of allylic oxidation sites excluding steroid dienone is 1. The number of aromatic hydroxyl groups is 1. The SMILES string of the molecule is Oc1cccc(N2CCN(C(=S)N/C=C3/CCCOc4ccccc43)CC2)c1. The van der Waals surface area contributed by atoms with Gasteiger partial charge in [0.2, 0.25) is 0 Å². The topological polar surface area (TPSA) is 48.0 Å². The second-order valence-corrected chi connectivity index (χ2v) is 7.45. The summed E-state index contributed by atoms with van der Waals surface area (Å²) in [6, 6.07) is 15.6. The van der Waals surface area contributed by atoms with Crippen molar-refractivity contribution in [2.24, 2.45) is 0 Å². The highest BCUT2D eigenvalue weighted by atomic mass is 32.1. The van der Waals surface area contributed by atoms with Crippen molar-refractivity contribution in [1.82, 2.24) is 10.2 Å². The van der Waals surface area contributed by atoms with Gasteiger partial charge >= 0.3 is 0 Å². The summed E-state index contributed by atoms with van der Waals surface area (Å²) in [5.41, 5.74) is 3.42. The molecular formula is C22H25N3O2S. The second kappa shape index (κ2) is 8.52. The van der Waals surface area contributed by atoms with Crippen LogP contribution in [0.2, 0.25) is 0 Å². The summed E-state index contributed by atoms with van der Waals surface area (Å²) < 4.78 is 5.83. The quantitative estimate of drug-likeness (QED) is 0.758. The Kier molecular flexibility index (Phi) is 5.67. The number of phenols is 1. The summed E-state index contributed by atoms with van der Waals surface area (Å²) in [5.74, 6) is 1.25. The van der Waals surface area contributed by atoms with E-state index in [1.54, 1.807) is 6.07 Å². The van der Waals surface area contributed by atoms with Gasteiger partial charge in [0, 0.05) is 49.7 Å². The number of phenolic OH excluding ortho intramolecular Hbond substituents is 1. The highest BCUT2D eigenvalue weighted by molar-refractivity contribution is 7.80. The van der Waals surface area contributed by atoms with Gasteiger partial charge in [0.25, 0.3) is 0 Å². The zero-order chi connectivity index (χ0) is 19.3. The van der Waals surface area contributed by atoms with Crippen molar-refractivity contribution >= 4 is 28.6 Å². The van der Waals surface area contributed by atoms with E-state index in [1.165, 1.54) is 5.57 Å². The van der Waals surface area contributed by atoms with E-state index in [2.05, 4.69) is 21.2 Å². The van der Waals surface area contributed by atoms with Crippen LogP contribution in [0.1, 0.15) is 18.4 Å². The number of fused-ring (bicyclic) bond motifs is 1. The number of nitrogens with zero attached hydrogens (tertiary/aromatic N) is 2. The minimum absolute atomic E-state index is 0.302. The second-order valence-electron chi connectivity index (χ2n) is 7.06. The summed E-state index contributed by atoms with van der Waals surface area (Å²) >= 11 is 5.63. The number of ether oxygens (including phenoxy) is 1. The van der Waals surface area contributed by atoms with Crippen LogP contribution in [0.4, 0.5) is 5.69 Å². The maximum absolute atomic E-state index is 9.68. The fourth-order valence-corrected chi connectivity index (χ4v) is 3.93. The molecule has 2 aromatic carbocycles. The molecule has 1 fully saturated rings. The lowest BCUT2D eigenvalue weighted by molar-refractivity contribution is 0.318. The maximum atomic E-state index is 9.68. The molecule has 1 saturated heterocycles. The summed E-state index contributed by atoms with van der Waals surface area (Å²) in [7, 11) is 0. The lowest BCUT2D eigenvalue weighted by atomic mass is 10.0.